The topological polar surface area (TPSA) is 86.6 Å². The molecule has 1 aromatic rings. The molecule has 5 nitrogen and oxygen atoms in total. The number of Topliss-reactive ketones (excluding diaryl/α,β-unsaturated/α-hetero) is 1. The Labute approximate surface area is 98.4 Å². The molecule has 0 heterocycles. The van der Waals surface area contributed by atoms with Crippen LogP contribution in [-0.2, 0) is 4.79 Å². The predicted octanol–water partition coefficient (Wildman–Crippen LogP) is 0.420. The van der Waals surface area contributed by atoms with E-state index in [2.05, 4.69) is 5.32 Å². The minimum atomic E-state index is -1.28. The van der Waals surface area contributed by atoms with Crippen LogP contribution in [0.3, 0.4) is 0 Å². The van der Waals surface area contributed by atoms with Gasteiger partial charge in [0.1, 0.15) is 5.70 Å². The van der Waals surface area contributed by atoms with Crippen molar-refractivity contribution in [3.8, 4) is 0 Å². The molecular formula is C12H13NO4. The highest BCUT2D eigenvalue weighted by atomic mass is 16.4. The molecule has 0 saturated carbocycles. The van der Waals surface area contributed by atoms with Gasteiger partial charge in [-0.3, -0.25) is 4.79 Å². The highest BCUT2D eigenvalue weighted by Crippen LogP contribution is 2.11. The molecule has 0 saturated heterocycles. The Hall–Kier alpha value is -2.14. The summed E-state index contributed by atoms with van der Waals surface area (Å²) < 4.78 is 0. The summed E-state index contributed by atoms with van der Waals surface area (Å²) >= 11 is 0. The van der Waals surface area contributed by atoms with E-state index in [1.165, 1.54) is 7.05 Å². The number of carboxylic acid groups (broad SMARTS) is 1. The minimum absolute atomic E-state index is 0.161. The van der Waals surface area contributed by atoms with Crippen molar-refractivity contribution in [2.45, 2.75) is 0 Å². The molecule has 0 aliphatic carbocycles. The van der Waals surface area contributed by atoms with Crippen LogP contribution in [0.1, 0.15) is 10.4 Å². The molecule has 0 aliphatic rings. The summed E-state index contributed by atoms with van der Waals surface area (Å²) in [6, 6.07) is 8.21. The number of hydrogen-bond donors (Lipinski definition) is 3. The first kappa shape index (κ1) is 12.9. The Balaban J connectivity index is 3.20. The van der Waals surface area contributed by atoms with Crippen LogP contribution < -0.4 is 5.32 Å². The Morgan fingerprint density at radius 3 is 2.24 bits per heavy atom. The zero-order chi connectivity index (χ0) is 12.8. The molecule has 0 fully saturated rings. The largest absolute Gasteiger partial charge is 0.477 e. The average molecular weight is 235 g/mol. The quantitative estimate of drug-likeness (QED) is 0.508. The number of carbonyl (C=O) groups excluding carboxylic acids is 1. The first-order valence-corrected chi connectivity index (χ1v) is 4.96. The fourth-order valence-electron chi connectivity index (χ4n) is 1.42. The second-order valence-electron chi connectivity index (χ2n) is 3.26. The van der Waals surface area contributed by atoms with Crippen molar-refractivity contribution >= 4 is 11.8 Å². The van der Waals surface area contributed by atoms with Gasteiger partial charge in [0.2, 0.25) is 0 Å². The van der Waals surface area contributed by atoms with Crippen LogP contribution in [-0.4, -0.2) is 35.6 Å². The average Bonchev–Trinajstić information content (AvgIpc) is 2.35. The molecule has 0 radical (unpaired) electrons. The second kappa shape index (κ2) is 5.81. The lowest BCUT2D eigenvalue weighted by Gasteiger charge is -2.08. The van der Waals surface area contributed by atoms with Crippen LogP contribution in [0.25, 0.3) is 0 Å². The Morgan fingerprint density at radius 2 is 1.82 bits per heavy atom. The maximum absolute atomic E-state index is 12.0. The summed E-state index contributed by atoms with van der Waals surface area (Å²) in [6.45, 7) is -0.629. The molecule has 0 bridgehead atoms. The number of likely N-dealkylation sites (N-methyl/N-ethyl adjacent to an activating group) is 1. The number of aliphatic hydroxyl groups excluding tert-OH is 1. The first-order chi connectivity index (χ1) is 8.11. The molecule has 1 aromatic carbocycles. The molecule has 0 amide bonds. The lowest BCUT2D eigenvalue weighted by atomic mass is 10.0. The Morgan fingerprint density at radius 1 is 1.24 bits per heavy atom. The van der Waals surface area contributed by atoms with Crippen molar-refractivity contribution in [2.75, 3.05) is 13.7 Å². The standard InChI is InChI=1S/C12H13NO4/c1-13-10(12(16)17)9(7-14)11(15)8-5-3-2-4-6-8/h2-6,13-14H,7H2,1H3,(H,16,17)/b10-9-. The van der Waals surface area contributed by atoms with Crippen LogP contribution in [0.5, 0.6) is 0 Å². The molecule has 1 rings (SSSR count). The van der Waals surface area contributed by atoms with Gasteiger partial charge in [-0.1, -0.05) is 30.3 Å². The Bertz CT molecular complexity index is 451. The monoisotopic (exact) mass is 235 g/mol. The van der Waals surface area contributed by atoms with Crippen LogP contribution >= 0.6 is 0 Å². The van der Waals surface area contributed by atoms with Crippen LogP contribution in [0.4, 0.5) is 0 Å². The third-order valence-electron chi connectivity index (χ3n) is 2.23. The number of ketones is 1. The molecule has 0 atom stereocenters. The smallest absolute Gasteiger partial charge is 0.352 e. The Kier molecular flexibility index (Phi) is 4.42. The van der Waals surface area contributed by atoms with Crippen molar-refractivity contribution in [3.63, 3.8) is 0 Å². The number of rotatable bonds is 5. The first-order valence-electron chi connectivity index (χ1n) is 4.96. The minimum Gasteiger partial charge on any atom is -0.477 e. The molecule has 5 heteroatoms. The van der Waals surface area contributed by atoms with Crippen molar-refractivity contribution in [2.24, 2.45) is 0 Å². The molecule has 0 aliphatic heterocycles. The molecule has 0 aromatic heterocycles. The van der Waals surface area contributed by atoms with E-state index >= 15 is 0 Å². The number of carboxylic acids is 1. The van der Waals surface area contributed by atoms with Gasteiger partial charge in [0.25, 0.3) is 0 Å². The number of aliphatic carboxylic acids is 1. The zero-order valence-electron chi connectivity index (χ0n) is 9.30. The second-order valence-corrected chi connectivity index (χ2v) is 3.26. The number of hydrogen-bond acceptors (Lipinski definition) is 4. The van der Waals surface area contributed by atoms with E-state index in [0.29, 0.717) is 5.56 Å². The van der Waals surface area contributed by atoms with Crippen LogP contribution in [0.2, 0.25) is 0 Å². The summed E-state index contributed by atoms with van der Waals surface area (Å²) in [6.07, 6.45) is 0. The predicted molar refractivity (Wildman–Crippen MR) is 61.6 cm³/mol. The van der Waals surface area contributed by atoms with Crippen molar-refractivity contribution in [3.05, 3.63) is 47.2 Å². The van der Waals surface area contributed by atoms with Crippen molar-refractivity contribution in [1.82, 2.24) is 5.32 Å². The summed E-state index contributed by atoms with van der Waals surface area (Å²) in [5, 5.41) is 20.4. The fraction of sp³-hybridized carbons (Fsp3) is 0.167. The van der Waals surface area contributed by atoms with Gasteiger partial charge in [0, 0.05) is 12.6 Å². The van der Waals surface area contributed by atoms with Gasteiger partial charge in [-0.25, -0.2) is 4.79 Å². The van der Waals surface area contributed by atoms with Gasteiger partial charge < -0.3 is 15.5 Å². The van der Waals surface area contributed by atoms with E-state index in [4.69, 9.17) is 10.2 Å². The number of aliphatic hydroxyl groups is 1. The molecule has 0 spiro atoms. The maximum Gasteiger partial charge on any atom is 0.352 e. The highest BCUT2D eigenvalue weighted by molar-refractivity contribution is 6.12. The van der Waals surface area contributed by atoms with E-state index in [1.54, 1.807) is 30.3 Å². The number of carbonyl (C=O) groups is 2. The van der Waals surface area contributed by atoms with Gasteiger partial charge in [0.05, 0.1) is 12.2 Å². The number of benzene rings is 1. The van der Waals surface area contributed by atoms with Gasteiger partial charge in [-0.15, -0.1) is 0 Å². The van der Waals surface area contributed by atoms with Gasteiger partial charge in [-0.2, -0.15) is 0 Å². The van der Waals surface area contributed by atoms with E-state index in [9.17, 15) is 9.59 Å². The van der Waals surface area contributed by atoms with Gasteiger partial charge in [0.15, 0.2) is 5.78 Å². The molecular weight excluding hydrogens is 222 g/mol. The van der Waals surface area contributed by atoms with E-state index in [1.807, 2.05) is 0 Å². The summed E-state index contributed by atoms with van der Waals surface area (Å²) in [5.41, 5.74) is -0.113. The van der Waals surface area contributed by atoms with E-state index in [0.717, 1.165) is 0 Å². The number of nitrogens with one attached hydrogen (secondary N) is 1. The lowest BCUT2D eigenvalue weighted by molar-refractivity contribution is -0.133. The van der Waals surface area contributed by atoms with Gasteiger partial charge >= 0.3 is 5.97 Å². The van der Waals surface area contributed by atoms with E-state index in [-0.39, 0.29) is 11.3 Å². The maximum atomic E-state index is 12.0. The zero-order valence-corrected chi connectivity index (χ0v) is 9.30. The van der Waals surface area contributed by atoms with Crippen molar-refractivity contribution < 1.29 is 19.8 Å². The molecule has 0 unspecified atom stereocenters. The summed E-state index contributed by atoms with van der Waals surface area (Å²) in [7, 11) is 1.39. The van der Waals surface area contributed by atoms with Gasteiger partial charge in [-0.05, 0) is 0 Å². The highest BCUT2D eigenvalue weighted by Gasteiger charge is 2.19. The fourth-order valence-corrected chi connectivity index (χ4v) is 1.42. The molecule has 17 heavy (non-hydrogen) atoms. The molecule has 3 N–H and O–H groups in total. The SMILES string of the molecule is CN/C(C(=O)O)=C(/CO)C(=O)c1ccccc1. The van der Waals surface area contributed by atoms with Crippen molar-refractivity contribution in [1.29, 1.82) is 0 Å². The lowest BCUT2D eigenvalue weighted by Crippen LogP contribution is -2.23. The molecule has 90 valence electrons. The summed E-state index contributed by atoms with van der Waals surface area (Å²) in [4.78, 5) is 22.8. The summed E-state index contributed by atoms with van der Waals surface area (Å²) in [5.74, 6) is -1.78. The van der Waals surface area contributed by atoms with Crippen LogP contribution in [0, 0.1) is 0 Å². The third kappa shape index (κ3) is 2.92. The normalized spacial score (nSPS) is 11.6. The van der Waals surface area contributed by atoms with Crippen LogP contribution in [0.15, 0.2) is 41.6 Å². The third-order valence-corrected chi connectivity index (χ3v) is 2.23. The van der Waals surface area contributed by atoms with E-state index < -0.39 is 18.4 Å².